The molecule has 2 rings (SSSR count). The Balaban J connectivity index is 2.03. The van der Waals surface area contributed by atoms with Gasteiger partial charge in [0.15, 0.2) is 0 Å². The number of hydrogen-bond donors (Lipinski definition) is 1. The number of carbonyl (C=O) groups excluding carboxylic acids is 1. The molecule has 100 valence electrons. The highest BCUT2D eigenvalue weighted by atomic mass is 79.9. The summed E-state index contributed by atoms with van der Waals surface area (Å²) in [6, 6.07) is 5.78. The maximum absolute atomic E-state index is 12.0. The van der Waals surface area contributed by atoms with Crippen LogP contribution in [0.3, 0.4) is 0 Å². The van der Waals surface area contributed by atoms with Gasteiger partial charge in [-0.15, -0.1) is 22.9 Å². The molecular weight excluding hydrogens is 348 g/mol. The molecule has 0 fully saturated rings. The molecular formula is C13H12BrClN2OS. The molecule has 2 aromatic rings. The first kappa shape index (κ1) is 14.5. The molecule has 0 aliphatic rings. The molecule has 0 bridgehead atoms. The summed E-state index contributed by atoms with van der Waals surface area (Å²) in [6.45, 7) is 1.96. The van der Waals surface area contributed by atoms with Crippen LogP contribution < -0.4 is 5.32 Å². The molecule has 0 unspecified atom stereocenters. The fourth-order valence-electron chi connectivity index (χ4n) is 1.55. The first-order valence-corrected chi connectivity index (χ1v) is 7.84. The van der Waals surface area contributed by atoms with E-state index in [4.69, 9.17) is 11.6 Å². The van der Waals surface area contributed by atoms with Gasteiger partial charge in [0.2, 0.25) is 5.91 Å². The fraction of sp³-hybridized carbons (Fsp3) is 0.231. The quantitative estimate of drug-likeness (QED) is 0.834. The van der Waals surface area contributed by atoms with Gasteiger partial charge in [-0.3, -0.25) is 4.79 Å². The number of benzene rings is 1. The van der Waals surface area contributed by atoms with E-state index in [0.29, 0.717) is 5.88 Å². The Morgan fingerprint density at radius 3 is 3.00 bits per heavy atom. The number of alkyl halides is 1. The molecule has 1 aromatic heterocycles. The summed E-state index contributed by atoms with van der Waals surface area (Å²) in [5.74, 6) is 0.305. The standard InChI is InChI=1S/C13H12BrClN2OS/c1-8-2-3-9(14)4-11(8)17-12(18)5-13-16-10(6-15)7-19-13/h2-4,7H,5-6H2,1H3,(H,17,18). The van der Waals surface area contributed by atoms with Gasteiger partial charge in [-0.05, 0) is 24.6 Å². The van der Waals surface area contributed by atoms with Gasteiger partial charge in [0.25, 0.3) is 0 Å². The van der Waals surface area contributed by atoms with Crippen molar-refractivity contribution in [1.29, 1.82) is 0 Å². The van der Waals surface area contributed by atoms with E-state index < -0.39 is 0 Å². The Kier molecular flexibility index (Phi) is 4.96. The van der Waals surface area contributed by atoms with Crippen molar-refractivity contribution >= 4 is 50.5 Å². The number of nitrogens with zero attached hydrogens (tertiary/aromatic N) is 1. The number of amides is 1. The maximum Gasteiger partial charge on any atom is 0.231 e. The van der Waals surface area contributed by atoms with Crippen molar-refractivity contribution in [1.82, 2.24) is 4.98 Å². The highest BCUT2D eigenvalue weighted by Gasteiger charge is 2.09. The van der Waals surface area contributed by atoms with Crippen molar-refractivity contribution in [3.63, 3.8) is 0 Å². The zero-order valence-corrected chi connectivity index (χ0v) is 13.4. The van der Waals surface area contributed by atoms with Crippen molar-refractivity contribution < 1.29 is 4.79 Å². The number of hydrogen-bond acceptors (Lipinski definition) is 3. The van der Waals surface area contributed by atoms with Gasteiger partial charge in [0.1, 0.15) is 5.01 Å². The SMILES string of the molecule is Cc1ccc(Br)cc1NC(=O)Cc1nc(CCl)cs1. The number of rotatable bonds is 4. The number of thiazole rings is 1. The summed E-state index contributed by atoms with van der Waals surface area (Å²) in [4.78, 5) is 16.2. The average Bonchev–Trinajstić information content (AvgIpc) is 2.81. The van der Waals surface area contributed by atoms with Crippen molar-refractivity contribution in [3.05, 3.63) is 44.3 Å². The molecule has 3 nitrogen and oxygen atoms in total. The summed E-state index contributed by atoms with van der Waals surface area (Å²) in [7, 11) is 0. The van der Waals surface area contributed by atoms with E-state index in [1.807, 2.05) is 30.5 Å². The van der Waals surface area contributed by atoms with Crippen LogP contribution in [0.5, 0.6) is 0 Å². The van der Waals surface area contributed by atoms with Crippen molar-refractivity contribution in [3.8, 4) is 0 Å². The van der Waals surface area contributed by atoms with Crippen molar-refractivity contribution in [2.24, 2.45) is 0 Å². The lowest BCUT2D eigenvalue weighted by Gasteiger charge is -2.08. The Morgan fingerprint density at radius 2 is 2.32 bits per heavy atom. The molecule has 0 atom stereocenters. The van der Waals surface area contributed by atoms with Gasteiger partial charge >= 0.3 is 0 Å². The third-order valence-electron chi connectivity index (χ3n) is 2.52. The predicted molar refractivity (Wildman–Crippen MR) is 82.9 cm³/mol. The number of halogens is 2. The van der Waals surface area contributed by atoms with E-state index in [1.165, 1.54) is 11.3 Å². The lowest BCUT2D eigenvalue weighted by Crippen LogP contribution is -2.15. The highest BCUT2D eigenvalue weighted by molar-refractivity contribution is 9.10. The van der Waals surface area contributed by atoms with E-state index in [0.717, 1.165) is 26.4 Å². The van der Waals surface area contributed by atoms with Crippen molar-refractivity contribution in [2.45, 2.75) is 19.2 Å². The van der Waals surface area contributed by atoms with E-state index in [9.17, 15) is 4.79 Å². The van der Waals surface area contributed by atoms with Crippen molar-refractivity contribution in [2.75, 3.05) is 5.32 Å². The van der Waals surface area contributed by atoms with Crippen LogP contribution in [0.1, 0.15) is 16.3 Å². The van der Waals surface area contributed by atoms with Gasteiger partial charge < -0.3 is 5.32 Å². The molecule has 0 radical (unpaired) electrons. The van der Waals surface area contributed by atoms with Gasteiger partial charge in [0.05, 0.1) is 18.0 Å². The van der Waals surface area contributed by atoms with E-state index >= 15 is 0 Å². The second kappa shape index (κ2) is 6.50. The summed E-state index contributed by atoms with van der Waals surface area (Å²) >= 11 is 10.5. The smallest absolute Gasteiger partial charge is 0.231 e. The molecule has 0 spiro atoms. The van der Waals surface area contributed by atoms with Crippen LogP contribution >= 0.6 is 38.9 Å². The average molecular weight is 360 g/mol. The first-order valence-electron chi connectivity index (χ1n) is 5.63. The predicted octanol–water partition coefficient (Wildman–Crippen LogP) is 4.13. The van der Waals surface area contributed by atoms with Gasteiger partial charge in [-0.1, -0.05) is 22.0 Å². The van der Waals surface area contributed by atoms with E-state index in [1.54, 1.807) is 0 Å². The van der Waals surface area contributed by atoms with Crippen LogP contribution in [0.25, 0.3) is 0 Å². The Morgan fingerprint density at radius 1 is 1.53 bits per heavy atom. The number of carbonyl (C=O) groups is 1. The maximum atomic E-state index is 12.0. The monoisotopic (exact) mass is 358 g/mol. The number of nitrogens with one attached hydrogen (secondary N) is 1. The molecule has 1 amide bonds. The summed E-state index contributed by atoms with van der Waals surface area (Å²) in [6.07, 6.45) is 0.271. The van der Waals surface area contributed by atoms with E-state index in [2.05, 4.69) is 26.2 Å². The van der Waals surface area contributed by atoms with Gasteiger partial charge in [-0.2, -0.15) is 0 Å². The normalized spacial score (nSPS) is 10.5. The third-order valence-corrected chi connectivity index (χ3v) is 4.19. The minimum Gasteiger partial charge on any atom is -0.325 e. The summed E-state index contributed by atoms with van der Waals surface area (Å²) in [5, 5.41) is 5.55. The van der Waals surface area contributed by atoms with E-state index in [-0.39, 0.29) is 12.3 Å². The van der Waals surface area contributed by atoms with Crippen LogP contribution in [0.4, 0.5) is 5.69 Å². The summed E-state index contributed by atoms with van der Waals surface area (Å²) < 4.78 is 0.937. The second-order valence-corrected chi connectivity index (χ2v) is 6.18. The molecule has 0 aliphatic carbocycles. The minimum atomic E-state index is -0.0725. The van der Waals surface area contributed by atoms with Gasteiger partial charge in [-0.25, -0.2) is 4.98 Å². The highest BCUT2D eigenvalue weighted by Crippen LogP contribution is 2.21. The van der Waals surface area contributed by atoms with Crippen LogP contribution in [-0.2, 0) is 17.1 Å². The molecule has 0 saturated carbocycles. The molecule has 0 saturated heterocycles. The van der Waals surface area contributed by atoms with Crippen LogP contribution in [0, 0.1) is 6.92 Å². The topological polar surface area (TPSA) is 42.0 Å². The Labute approximate surface area is 129 Å². The molecule has 19 heavy (non-hydrogen) atoms. The largest absolute Gasteiger partial charge is 0.325 e. The number of anilines is 1. The minimum absolute atomic E-state index is 0.0725. The first-order chi connectivity index (χ1) is 9.08. The molecule has 6 heteroatoms. The van der Waals surface area contributed by atoms with Crippen LogP contribution in [0.2, 0.25) is 0 Å². The second-order valence-electron chi connectivity index (χ2n) is 4.05. The number of aromatic nitrogens is 1. The Hall–Kier alpha value is -0.910. The fourth-order valence-corrected chi connectivity index (χ4v) is 2.93. The zero-order chi connectivity index (χ0) is 13.8. The molecule has 0 aliphatic heterocycles. The lowest BCUT2D eigenvalue weighted by atomic mass is 10.2. The third kappa shape index (κ3) is 4.03. The number of aryl methyl sites for hydroxylation is 1. The molecule has 1 aromatic carbocycles. The summed E-state index contributed by atoms with van der Waals surface area (Å²) in [5.41, 5.74) is 2.65. The molecule has 1 heterocycles. The Bertz CT molecular complexity index is 600. The molecule has 1 N–H and O–H groups in total. The van der Waals surface area contributed by atoms with Gasteiger partial charge in [0, 0.05) is 15.5 Å². The van der Waals surface area contributed by atoms with Crippen LogP contribution in [-0.4, -0.2) is 10.9 Å². The zero-order valence-electron chi connectivity index (χ0n) is 10.2. The van der Waals surface area contributed by atoms with Crippen LogP contribution in [0.15, 0.2) is 28.1 Å². The lowest BCUT2D eigenvalue weighted by molar-refractivity contribution is -0.115.